The van der Waals surface area contributed by atoms with Gasteiger partial charge in [0.1, 0.15) is 5.38 Å². The first-order valence-corrected chi connectivity index (χ1v) is 4.85. The molecule has 0 aromatic heterocycles. The summed E-state index contributed by atoms with van der Waals surface area (Å²) < 4.78 is 0. The Kier molecular flexibility index (Phi) is 4.61. The first-order valence-electron chi connectivity index (χ1n) is 4.41. The van der Waals surface area contributed by atoms with E-state index in [0.717, 1.165) is 12.8 Å². The summed E-state index contributed by atoms with van der Waals surface area (Å²) in [5, 5.41) is 2.48. The molecule has 12 heavy (non-hydrogen) atoms. The highest BCUT2D eigenvalue weighted by Crippen LogP contribution is 2.14. The molecule has 1 N–H and O–H groups in total. The van der Waals surface area contributed by atoms with Crippen LogP contribution in [-0.4, -0.2) is 16.8 Å². The van der Waals surface area contributed by atoms with Gasteiger partial charge >= 0.3 is 0 Å². The minimum absolute atomic E-state index is 0.0807. The molecule has 3 heteroatoms. The quantitative estimate of drug-likeness (QED) is 0.679. The predicted octanol–water partition coefficient (Wildman–Crippen LogP) is 2.31. The molecule has 0 heterocycles. The molecule has 2 nitrogen and oxygen atoms in total. The number of hydrogen-bond donors (Lipinski definition) is 1. The van der Waals surface area contributed by atoms with E-state index in [1.54, 1.807) is 6.92 Å². The molecule has 1 amide bonds. The fourth-order valence-electron chi connectivity index (χ4n) is 0.824. The molecule has 0 rings (SSSR count). The van der Waals surface area contributed by atoms with Gasteiger partial charge < -0.3 is 5.32 Å². The first-order chi connectivity index (χ1) is 5.45. The van der Waals surface area contributed by atoms with E-state index in [4.69, 9.17) is 11.6 Å². The van der Waals surface area contributed by atoms with Crippen molar-refractivity contribution in [2.24, 2.45) is 0 Å². The van der Waals surface area contributed by atoms with Crippen LogP contribution in [-0.2, 0) is 4.79 Å². The molecule has 0 spiro atoms. The summed E-state index contributed by atoms with van der Waals surface area (Å²) in [6.45, 7) is 7.83. The molecule has 72 valence electrons. The van der Waals surface area contributed by atoms with Crippen molar-refractivity contribution in [1.29, 1.82) is 0 Å². The van der Waals surface area contributed by atoms with Crippen molar-refractivity contribution in [3.05, 3.63) is 0 Å². The van der Waals surface area contributed by atoms with E-state index >= 15 is 0 Å². The van der Waals surface area contributed by atoms with Crippen molar-refractivity contribution in [2.45, 2.75) is 51.5 Å². The average Bonchev–Trinajstić information content (AvgIpc) is 2.04. The van der Waals surface area contributed by atoms with E-state index in [0.29, 0.717) is 0 Å². The lowest BCUT2D eigenvalue weighted by Crippen LogP contribution is -2.47. The summed E-state index contributed by atoms with van der Waals surface area (Å²) in [7, 11) is 0. The molecular formula is C9H18ClNO. The van der Waals surface area contributed by atoms with Gasteiger partial charge in [-0.25, -0.2) is 0 Å². The Hall–Kier alpha value is -0.240. The van der Waals surface area contributed by atoms with Gasteiger partial charge in [0.05, 0.1) is 0 Å². The van der Waals surface area contributed by atoms with Crippen molar-refractivity contribution in [1.82, 2.24) is 5.32 Å². The Morgan fingerprint density at radius 1 is 1.50 bits per heavy atom. The summed E-state index contributed by atoms with van der Waals surface area (Å²) >= 11 is 5.64. The van der Waals surface area contributed by atoms with E-state index in [9.17, 15) is 4.79 Å². The zero-order valence-electron chi connectivity index (χ0n) is 8.28. The van der Waals surface area contributed by atoms with Crippen LogP contribution in [0.15, 0.2) is 0 Å². The fourth-order valence-corrected chi connectivity index (χ4v) is 0.878. The summed E-state index contributed by atoms with van der Waals surface area (Å²) in [4.78, 5) is 11.2. The topological polar surface area (TPSA) is 29.1 Å². The summed E-state index contributed by atoms with van der Waals surface area (Å²) in [6, 6.07) is 0. The van der Waals surface area contributed by atoms with Gasteiger partial charge in [-0.2, -0.15) is 0 Å². The third kappa shape index (κ3) is 3.44. The van der Waals surface area contributed by atoms with Crippen molar-refractivity contribution in [3.8, 4) is 0 Å². The standard InChI is InChI=1S/C9H18ClNO/c1-5-9(4,6-2)11-8(12)7(3)10/h7H,5-6H2,1-4H3,(H,11,12). The van der Waals surface area contributed by atoms with Crippen LogP contribution in [0.2, 0.25) is 0 Å². The second-order valence-corrected chi connectivity index (χ2v) is 4.03. The molecule has 0 aromatic carbocycles. The largest absolute Gasteiger partial charge is 0.350 e. The smallest absolute Gasteiger partial charge is 0.238 e. The molecule has 1 unspecified atom stereocenters. The number of alkyl halides is 1. The molecule has 0 aliphatic carbocycles. The van der Waals surface area contributed by atoms with Gasteiger partial charge in [0.25, 0.3) is 0 Å². The lowest BCUT2D eigenvalue weighted by Gasteiger charge is -2.28. The summed E-state index contributed by atoms with van der Waals surface area (Å²) in [5.41, 5.74) is -0.0970. The van der Waals surface area contributed by atoms with Crippen LogP contribution in [0.25, 0.3) is 0 Å². The van der Waals surface area contributed by atoms with Gasteiger partial charge in [-0.1, -0.05) is 13.8 Å². The predicted molar refractivity (Wildman–Crippen MR) is 52.4 cm³/mol. The van der Waals surface area contributed by atoms with Crippen molar-refractivity contribution < 1.29 is 4.79 Å². The number of hydrogen-bond acceptors (Lipinski definition) is 1. The third-order valence-corrected chi connectivity index (χ3v) is 2.55. The highest BCUT2D eigenvalue weighted by Gasteiger charge is 2.23. The fraction of sp³-hybridized carbons (Fsp3) is 0.889. The van der Waals surface area contributed by atoms with E-state index in [1.807, 2.05) is 6.92 Å². The summed E-state index contributed by atoms with van der Waals surface area (Å²) in [5.74, 6) is -0.0807. The number of amides is 1. The number of carbonyl (C=O) groups is 1. The monoisotopic (exact) mass is 191 g/mol. The van der Waals surface area contributed by atoms with Crippen molar-refractivity contribution in [2.75, 3.05) is 0 Å². The molecule has 0 fully saturated rings. The van der Waals surface area contributed by atoms with E-state index < -0.39 is 5.38 Å². The third-order valence-electron chi connectivity index (χ3n) is 2.35. The minimum Gasteiger partial charge on any atom is -0.350 e. The molecule has 0 aromatic rings. The number of rotatable bonds is 4. The van der Waals surface area contributed by atoms with Gasteiger partial charge in [-0.3, -0.25) is 4.79 Å². The number of nitrogens with one attached hydrogen (secondary N) is 1. The molecule has 0 aliphatic heterocycles. The average molecular weight is 192 g/mol. The molecule has 0 saturated carbocycles. The molecule has 0 radical (unpaired) electrons. The maximum absolute atomic E-state index is 11.2. The summed E-state index contributed by atoms with van der Waals surface area (Å²) in [6.07, 6.45) is 1.86. The van der Waals surface area contributed by atoms with Gasteiger partial charge in [-0.05, 0) is 26.7 Å². The zero-order valence-corrected chi connectivity index (χ0v) is 9.03. The Labute approximate surface area is 79.7 Å². The van der Waals surface area contributed by atoms with Crippen molar-refractivity contribution in [3.63, 3.8) is 0 Å². The Bertz CT molecular complexity index is 153. The molecule has 0 bridgehead atoms. The van der Waals surface area contributed by atoms with E-state index in [1.165, 1.54) is 0 Å². The highest BCUT2D eigenvalue weighted by molar-refractivity contribution is 6.30. The Balaban J connectivity index is 4.12. The lowest BCUT2D eigenvalue weighted by molar-refractivity contribution is -0.122. The van der Waals surface area contributed by atoms with Crippen LogP contribution < -0.4 is 5.32 Å². The maximum Gasteiger partial charge on any atom is 0.238 e. The number of halogens is 1. The normalized spacial score (nSPS) is 14.1. The van der Waals surface area contributed by atoms with Crippen molar-refractivity contribution >= 4 is 17.5 Å². The Morgan fingerprint density at radius 2 is 1.92 bits per heavy atom. The number of carbonyl (C=O) groups excluding carboxylic acids is 1. The lowest BCUT2D eigenvalue weighted by atomic mass is 9.95. The molecule has 0 aliphatic rings. The highest BCUT2D eigenvalue weighted by atomic mass is 35.5. The second kappa shape index (κ2) is 4.70. The molecule has 1 atom stereocenters. The molecular weight excluding hydrogens is 174 g/mol. The van der Waals surface area contributed by atoms with Gasteiger partial charge in [0.2, 0.25) is 5.91 Å². The SMILES string of the molecule is CCC(C)(CC)NC(=O)C(C)Cl. The van der Waals surface area contributed by atoms with E-state index in [-0.39, 0.29) is 11.4 Å². The van der Waals surface area contributed by atoms with Gasteiger partial charge in [0, 0.05) is 5.54 Å². The van der Waals surface area contributed by atoms with Gasteiger partial charge in [0.15, 0.2) is 0 Å². The van der Waals surface area contributed by atoms with Crippen LogP contribution >= 0.6 is 11.6 Å². The van der Waals surface area contributed by atoms with Crippen LogP contribution in [0.4, 0.5) is 0 Å². The second-order valence-electron chi connectivity index (χ2n) is 3.37. The van der Waals surface area contributed by atoms with Crippen LogP contribution in [0, 0.1) is 0 Å². The van der Waals surface area contributed by atoms with Crippen LogP contribution in [0.5, 0.6) is 0 Å². The first kappa shape index (κ1) is 11.8. The maximum atomic E-state index is 11.2. The molecule has 0 saturated heterocycles. The zero-order chi connectivity index (χ0) is 9.78. The Morgan fingerprint density at radius 3 is 2.17 bits per heavy atom. The minimum atomic E-state index is -0.442. The van der Waals surface area contributed by atoms with Crippen LogP contribution in [0.1, 0.15) is 40.5 Å². The van der Waals surface area contributed by atoms with Gasteiger partial charge in [-0.15, -0.1) is 11.6 Å². The van der Waals surface area contributed by atoms with E-state index in [2.05, 4.69) is 19.2 Å². The van der Waals surface area contributed by atoms with Crippen LogP contribution in [0.3, 0.4) is 0 Å².